The van der Waals surface area contributed by atoms with E-state index in [4.69, 9.17) is 9.32 Å². The molecule has 1 N–H and O–H groups in total. The summed E-state index contributed by atoms with van der Waals surface area (Å²) >= 11 is -0.167. The molecular formula is H3ClO2Sr. The predicted molar refractivity (Wildman–Crippen MR) is 10.8 cm³/mol. The van der Waals surface area contributed by atoms with Gasteiger partial charge in [0, 0.05) is 0 Å². The molecule has 0 spiro atoms. The molecule has 24 valence electrons. The topological polar surface area (TPSA) is 43.3 Å². The summed E-state index contributed by atoms with van der Waals surface area (Å²) in [5.74, 6) is 0. The van der Waals surface area contributed by atoms with Crippen LogP contribution in [0, 0.1) is 11.3 Å². The van der Waals surface area contributed by atoms with Crippen molar-refractivity contribution in [2.24, 2.45) is 0 Å². The minimum atomic E-state index is -0.167. The van der Waals surface area contributed by atoms with E-state index in [1.807, 2.05) is 0 Å². The van der Waals surface area contributed by atoms with Crippen LogP contribution in [-0.4, -0.2) is 50.1 Å². The first-order valence-electron chi connectivity index (χ1n) is 0.323. The second-order valence-corrected chi connectivity index (χ2v) is 0.207. The van der Waals surface area contributed by atoms with Crippen molar-refractivity contribution < 1.29 is 20.6 Å². The molecule has 0 aromatic carbocycles. The van der Waals surface area contributed by atoms with E-state index in [1.54, 1.807) is 0 Å². The van der Waals surface area contributed by atoms with Crippen molar-refractivity contribution in [3.05, 3.63) is 0 Å². The van der Waals surface area contributed by atoms with Crippen molar-refractivity contribution in [2.75, 3.05) is 0 Å². The molecule has 0 saturated heterocycles. The summed E-state index contributed by atoms with van der Waals surface area (Å²) in [5.41, 5.74) is 0. The third kappa shape index (κ3) is 9.35. The molecule has 0 aromatic heterocycles. The number of hydrogen-bond acceptors (Lipinski definition) is 2. The number of hydrogen-bond donors (Lipinski definition) is 1. The maximum atomic E-state index is 8.35. The van der Waals surface area contributed by atoms with E-state index in [0.717, 1.165) is 0 Å². The van der Waals surface area contributed by atoms with Gasteiger partial charge in [-0.15, -0.1) is 4.66 Å². The predicted octanol–water partition coefficient (Wildman–Crippen LogP) is -2.66. The molecule has 0 radical (unpaired) electrons. The standard InChI is InChI=1S/ClHO2.Sr.2H/c2-1-3;;;/h2H;;;. The van der Waals surface area contributed by atoms with Gasteiger partial charge in [0.1, 0.15) is 0 Å². The molecule has 0 aliphatic rings. The van der Waals surface area contributed by atoms with E-state index in [2.05, 4.69) is 0 Å². The van der Waals surface area contributed by atoms with E-state index in [0.29, 0.717) is 0 Å². The van der Waals surface area contributed by atoms with Crippen LogP contribution in [0.2, 0.25) is 0 Å². The van der Waals surface area contributed by atoms with Crippen LogP contribution in [0.3, 0.4) is 0 Å². The SMILES string of the molecule is [O-][Cl+]O.[SrH2]. The van der Waals surface area contributed by atoms with Crippen molar-refractivity contribution in [2.45, 2.75) is 0 Å². The van der Waals surface area contributed by atoms with Crippen LogP contribution in [-0.2, 0) is 0 Å². The summed E-state index contributed by atoms with van der Waals surface area (Å²) in [6.07, 6.45) is 0. The van der Waals surface area contributed by atoms with Crippen LogP contribution < -0.4 is 4.66 Å². The summed E-state index contributed by atoms with van der Waals surface area (Å²) < 4.78 is 15.2. The molecule has 0 saturated carbocycles. The Morgan fingerprint density at radius 1 is 1.75 bits per heavy atom. The van der Waals surface area contributed by atoms with Gasteiger partial charge >= 0.3 is 56.8 Å². The third-order valence-electron chi connectivity index (χ3n) is 0. The fourth-order valence-corrected chi connectivity index (χ4v) is 0. The Labute approximate surface area is 65.2 Å². The Morgan fingerprint density at radius 3 is 1.75 bits per heavy atom. The Balaban J connectivity index is 0. The van der Waals surface area contributed by atoms with E-state index in [1.165, 1.54) is 0 Å². The van der Waals surface area contributed by atoms with Crippen molar-refractivity contribution in [3.8, 4) is 0 Å². The van der Waals surface area contributed by atoms with Gasteiger partial charge in [0.05, 0.1) is 0 Å². The van der Waals surface area contributed by atoms with Gasteiger partial charge in [0.25, 0.3) is 0 Å². The molecule has 0 aliphatic heterocycles. The van der Waals surface area contributed by atoms with Gasteiger partial charge in [0.15, 0.2) is 0 Å². The average molecular weight is 158 g/mol. The van der Waals surface area contributed by atoms with Gasteiger partial charge in [-0.25, -0.2) is 0 Å². The van der Waals surface area contributed by atoms with Crippen LogP contribution in [0.25, 0.3) is 0 Å². The first kappa shape index (κ1) is 9.19. The van der Waals surface area contributed by atoms with Crippen LogP contribution in [0.4, 0.5) is 0 Å². The fourth-order valence-electron chi connectivity index (χ4n) is 0. The first-order chi connectivity index (χ1) is 1.41. The minimum absolute atomic E-state index is 0. The molecule has 0 atom stereocenters. The number of rotatable bonds is 0. The summed E-state index contributed by atoms with van der Waals surface area (Å²) in [6.45, 7) is 0. The molecule has 4 heavy (non-hydrogen) atoms. The summed E-state index contributed by atoms with van der Waals surface area (Å²) in [4.78, 5) is 0. The molecule has 4 heteroatoms. The van der Waals surface area contributed by atoms with Gasteiger partial charge in [-0.1, -0.05) is 0 Å². The van der Waals surface area contributed by atoms with Crippen molar-refractivity contribution in [3.63, 3.8) is 0 Å². The molecule has 0 unspecified atom stereocenters. The zero-order valence-electron chi connectivity index (χ0n) is 1.23. The van der Waals surface area contributed by atoms with Gasteiger partial charge in [-0.2, -0.15) is 0 Å². The Hall–Kier alpha value is 1.69. The van der Waals surface area contributed by atoms with Crippen molar-refractivity contribution >= 4 is 45.5 Å². The zero-order chi connectivity index (χ0) is 2.71. The summed E-state index contributed by atoms with van der Waals surface area (Å²) in [6, 6.07) is 0. The third-order valence-corrected chi connectivity index (χ3v) is 0. The Morgan fingerprint density at radius 2 is 1.75 bits per heavy atom. The quantitative estimate of drug-likeness (QED) is 0.391. The van der Waals surface area contributed by atoms with Gasteiger partial charge in [-0.05, 0) is 0 Å². The summed E-state index contributed by atoms with van der Waals surface area (Å²) in [5, 5.41) is 0. The molecule has 0 fully saturated rings. The van der Waals surface area contributed by atoms with Crippen LogP contribution in [0.15, 0.2) is 0 Å². The molecule has 0 heterocycles. The van der Waals surface area contributed by atoms with Crippen LogP contribution in [0.1, 0.15) is 0 Å². The normalized spacial score (nSPS) is 4.50. The fraction of sp³-hybridized carbons (Fsp3) is 0. The van der Waals surface area contributed by atoms with E-state index in [9.17, 15) is 0 Å². The van der Waals surface area contributed by atoms with Gasteiger partial charge in [-0.3, -0.25) is 0 Å². The molecule has 0 aromatic rings. The van der Waals surface area contributed by atoms with Gasteiger partial charge < -0.3 is 4.66 Å². The molecule has 2 nitrogen and oxygen atoms in total. The maximum absolute atomic E-state index is 8.35. The van der Waals surface area contributed by atoms with Crippen LogP contribution in [0.5, 0.6) is 0 Å². The molecule has 0 rings (SSSR count). The first-order valence-corrected chi connectivity index (χ1v) is 0.970. The average Bonchev–Trinajstić information content (AvgIpc) is 0.918. The van der Waals surface area contributed by atoms with Crippen molar-refractivity contribution in [1.82, 2.24) is 0 Å². The Kier molecular flexibility index (Phi) is 20.3. The van der Waals surface area contributed by atoms with E-state index >= 15 is 0 Å². The van der Waals surface area contributed by atoms with E-state index < -0.39 is 0 Å². The second-order valence-electron chi connectivity index (χ2n) is 0.0690. The van der Waals surface area contributed by atoms with Crippen molar-refractivity contribution in [1.29, 1.82) is 0 Å². The Bertz CT molecular complexity index is 6.00. The monoisotopic (exact) mass is 158 g/mol. The molecule has 0 amide bonds. The second kappa shape index (κ2) is 8.83. The van der Waals surface area contributed by atoms with Gasteiger partial charge in [0.2, 0.25) is 0 Å². The molecule has 0 bridgehead atoms. The van der Waals surface area contributed by atoms with E-state index in [-0.39, 0.29) is 56.8 Å². The summed E-state index contributed by atoms with van der Waals surface area (Å²) in [7, 11) is 0. The zero-order valence-corrected chi connectivity index (χ0v) is 1.99. The molecular weight excluding hydrogens is 155 g/mol. The molecule has 0 aliphatic carbocycles. The number of halogens is 1. The van der Waals surface area contributed by atoms with Crippen LogP contribution >= 0.6 is 0 Å².